The summed E-state index contributed by atoms with van der Waals surface area (Å²) in [4.78, 5) is 37.4. The number of nitrogens with zero attached hydrogens (tertiary/aromatic N) is 1. The first-order chi connectivity index (χ1) is 41.6. The highest BCUT2D eigenvalue weighted by molar-refractivity contribution is 5.70. The molecule has 0 amide bonds. The zero-order valence-corrected chi connectivity index (χ0v) is 55.2. The molecule has 0 aromatic heterocycles. The maximum Gasteiger partial charge on any atom is 0.306 e. The lowest BCUT2D eigenvalue weighted by atomic mass is 10.0. The number of carbonyl (C=O) groups excluding carboxylic acids is 3. The van der Waals surface area contributed by atoms with Crippen molar-refractivity contribution in [1.29, 1.82) is 0 Å². The second-order valence-electron chi connectivity index (χ2n) is 23.7. The number of hydrogen-bond acceptors (Lipinski definition) is 8. The van der Waals surface area contributed by atoms with E-state index in [1.807, 2.05) is 21.1 Å². The van der Waals surface area contributed by atoms with Crippen LogP contribution in [0.1, 0.15) is 271 Å². The third-order valence-electron chi connectivity index (χ3n) is 14.4. The average molecular weight is 1180 g/mol. The lowest BCUT2D eigenvalue weighted by Crippen LogP contribution is -2.44. The summed E-state index contributed by atoms with van der Waals surface area (Å²) in [6.45, 7) is 4.52. The maximum absolute atomic E-state index is 12.9. The predicted molar refractivity (Wildman–Crippen MR) is 361 cm³/mol. The number of hydrogen-bond donors (Lipinski definition) is 0. The smallest absolute Gasteiger partial charge is 0.306 e. The molecule has 0 saturated carbocycles. The molecule has 0 spiro atoms. The minimum Gasteiger partial charge on any atom is -0.545 e. The highest BCUT2D eigenvalue weighted by Gasteiger charge is 2.22. The Morgan fingerprint density at radius 3 is 0.941 bits per heavy atom. The zero-order chi connectivity index (χ0) is 61.9. The predicted octanol–water partition coefficient (Wildman–Crippen LogP) is 20.0. The van der Waals surface area contributed by atoms with Gasteiger partial charge >= 0.3 is 11.9 Å². The van der Waals surface area contributed by atoms with E-state index in [0.29, 0.717) is 17.4 Å². The summed E-state index contributed by atoms with van der Waals surface area (Å²) in [7, 11) is 5.92. The van der Waals surface area contributed by atoms with E-state index in [-0.39, 0.29) is 38.6 Å². The first kappa shape index (κ1) is 80.4. The van der Waals surface area contributed by atoms with Gasteiger partial charge in [-0.1, -0.05) is 282 Å². The summed E-state index contributed by atoms with van der Waals surface area (Å²) in [5.41, 5.74) is 0. The van der Waals surface area contributed by atoms with E-state index >= 15 is 0 Å². The molecule has 0 aliphatic carbocycles. The first-order valence-corrected chi connectivity index (χ1v) is 34.3. The molecule has 484 valence electrons. The molecule has 2 atom stereocenters. The number of rotatable bonds is 62. The number of carboxylic acids is 1. The van der Waals surface area contributed by atoms with Crippen LogP contribution >= 0.6 is 0 Å². The number of likely N-dealkylation sites (N-methyl/N-ethyl adjacent to an activating group) is 1. The molecule has 0 saturated heterocycles. The molecule has 85 heavy (non-hydrogen) atoms. The molecule has 0 bridgehead atoms. The molecule has 0 aromatic rings. The van der Waals surface area contributed by atoms with Gasteiger partial charge in [0.25, 0.3) is 0 Å². The molecule has 9 nitrogen and oxygen atoms in total. The summed E-state index contributed by atoms with van der Waals surface area (Å²) in [5, 5.41) is 11.8. The van der Waals surface area contributed by atoms with Crippen molar-refractivity contribution >= 4 is 17.9 Å². The van der Waals surface area contributed by atoms with Crippen molar-refractivity contribution in [2.45, 2.75) is 283 Å². The van der Waals surface area contributed by atoms with Crippen LogP contribution in [-0.4, -0.2) is 82.3 Å². The third kappa shape index (κ3) is 66.8. The van der Waals surface area contributed by atoms with Gasteiger partial charge in [-0.15, -0.1) is 0 Å². The van der Waals surface area contributed by atoms with Gasteiger partial charge in [0.2, 0.25) is 0 Å². The number of esters is 2. The number of unbranched alkanes of at least 4 members (excludes halogenated alkanes) is 25. The van der Waals surface area contributed by atoms with Gasteiger partial charge in [0.05, 0.1) is 40.3 Å². The normalized spacial score (nSPS) is 13.6. The van der Waals surface area contributed by atoms with Crippen LogP contribution in [0.4, 0.5) is 0 Å². The van der Waals surface area contributed by atoms with Crippen molar-refractivity contribution in [3.8, 4) is 0 Å². The highest BCUT2D eigenvalue weighted by atomic mass is 16.7. The minimum absolute atomic E-state index is 0.141. The number of carbonyl (C=O) groups is 3. The highest BCUT2D eigenvalue weighted by Crippen LogP contribution is 2.17. The van der Waals surface area contributed by atoms with Crippen LogP contribution in [0.5, 0.6) is 0 Å². The Morgan fingerprint density at radius 2 is 0.635 bits per heavy atom. The second kappa shape index (κ2) is 65.4. The van der Waals surface area contributed by atoms with Crippen molar-refractivity contribution in [3.63, 3.8) is 0 Å². The Bertz CT molecular complexity index is 1860. The lowest BCUT2D eigenvalue weighted by Gasteiger charge is -2.26. The molecule has 2 unspecified atom stereocenters. The Kier molecular flexibility index (Phi) is 61.9. The summed E-state index contributed by atoms with van der Waals surface area (Å²) >= 11 is 0. The Balaban J connectivity index is 4.09. The third-order valence-corrected chi connectivity index (χ3v) is 14.4. The Labute approximate surface area is 522 Å². The second-order valence-corrected chi connectivity index (χ2v) is 23.7. The van der Waals surface area contributed by atoms with Gasteiger partial charge in [0.1, 0.15) is 13.2 Å². The van der Waals surface area contributed by atoms with Gasteiger partial charge < -0.3 is 33.3 Å². The van der Waals surface area contributed by atoms with Gasteiger partial charge in [-0.2, -0.15) is 0 Å². The maximum atomic E-state index is 12.9. The largest absolute Gasteiger partial charge is 0.545 e. The van der Waals surface area contributed by atoms with Crippen LogP contribution < -0.4 is 5.11 Å². The molecule has 9 heteroatoms. The molecular formula is C76H127NO8. The van der Waals surface area contributed by atoms with Crippen molar-refractivity contribution in [2.75, 3.05) is 47.5 Å². The number of carboxylic acid groups (broad SMARTS) is 1. The van der Waals surface area contributed by atoms with Gasteiger partial charge in [0.15, 0.2) is 12.4 Å². The van der Waals surface area contributed by atoms with E-state index in [0.717, 1.165) is 122 Å². The van der Waals surface area contributed by atoms with Crippen molar-refractivity contribution in [1.82, 2.24) is 0 Å². The summed E-state index contributed by atoms with van der Waals surface area (Å²) in [5.74, 6) is -2.29. The Morgan fingerprint density at radius 1 is 0.353 bits per heavy atom. The molecule has 0 aliphatic heterocycles. The standard InChI is InChI=1S/C76H127NO8/c1-6-8-10-12-14-16-18-20-22-24-26-28-29-30-31-32-33-34-35-36-37-38-39-40-41-42-43-44-45-47-49-51-53-55-57-59-61-63-65-67-74(79)85-72(71-84-76(75(80)81)82-69-68-77(3,4)5)70-83-73(78)66-64-62-60-58-56-54-52-50-48-46-27-25-23-21-19-17-15-13-11-9-7-2/h8-11,14-17,20-23,26-28,30-31,33-34,36-37,46,72,76H,6-7,12-13,18-19,24-25,29,32,35,38-45,47-71H2,1-5H3/b10-8-,11-9-,16-14-,17-15-,22-20-,23-21-,28-26-,31-30-,34-33-,37-36-,46-27-. The van der Waals surface area contributed by atoms with Gasteiger partial charge in [-0.05, 0) is 109 Å². The van der Waals surface area contributed by atoms with Crippen molar-refractivity contribution in [3.05, 3.63) is 134 Å². The summed E-state index contributed by atoms with van der Waals surface area (Å²) in [6.07, 6.45) is 91.0. The minimum atomic E-state index is -1.63. The number of quaternary nitrogens is 1. The van der Waals surface area contributed by atoms with Crippen LogP contribution in [0, 0.1) is 0 Å². The molecule has 0 fully saturated rings. The summed E-state index contributed by atoms with van der Waals surface area (Å²) in [6, 6.07) is 0. The molecule has 0 aliphatic rings. The number of aliphatic carboxylic acids is 1. The van der Waals surface area contributed by atoms with E-state index < -0.39 is 24.3 Å². The van der Waals surface area contributed by atoms with Crippen LogP contribution in [0.2, 0.25) is 0 Å². The van der Waals surface area contributed by atoms with E-state index in [4.69, 9.17) is 18.9 Å². The average Bonchev–Trinajstić information content (AvgIpc) is 3.49. The molecule has 0 N–H and O–H groups in total. The fraction of sp³-hybridized carbons (Fsp3) is 0.671. The topological polar surface area (TPSA) is 111 Å². The zero-order valence-electron chi connectivity index (χ0n) is 55.2. The first-order valence-electron chi connectivity index (χ1n) is 34.3. The van der Waals surface area contributed by atoms with Crippen LogP contribution in [0.3, 0.4) is 0 Å². The molecule has 0 heterocycles. The van der Waals surface area contributed by atoms with E-state index in [1.165, 1.54) is 116 Å². The fourth-order valence-electron chi connectivity index (χ4n) is 9.22. The van der Waals surface area contributed by atoms with Crippen LogP contribution in [0.15, 0.2) is 134 Å². The molecule has 0 rings (SSSR count). The van der Waals surface area contributed by atoms with E-state index in [2.05, 4.69) is 148 Å². The molecule has 0 aromatic carbocycles. The lowest BCUT2D eigenvalue weighted by molar-refractivity contribution is -0.870. The summed E-state index contributed by atoms with van der Waals surface area (Å²) < 4.78 is 22.8. The van der Waals surface area contributed by atoms with Gasteiger partial charge in [-0.25, -0.2) is 0 Å². The van der Waals surface area contributed by atoms with Gasteiger partial charge in [-0.3, -0.25) is 9.59 Å². The Hall–Kier alpha value is -4.57. The van der Waals surface area contributed by atoms with Crippen LogP contribution in [-0.2, 0) is 33.3 Å². The van der Waals surface area contributed by atoms with E-state index in [9.17, 15) is 19.5 Å². The van der Waals surface area contributed by atoms with Crippen LogP contribution in [0.25, 0.3) is 0 Å². The SMILES string of the molecule is CC/C=C\C/C=C\C/C=C\C/C=C\C/C=C\C/C=C\C/C=C\CCCCCCCCCCCCCCCCCCCC(=O)OC(COC(=O)CCCCCCCCCC/C=C\C/C=C\C/C=C\C/C=C\CC)COC(OCC[N+](C)(C)C)C(=O)[O-]. The van der Waals surface area contributed by atoms with E-state index in [1.54, 1.807) is 0 Å². The van der Waals surface area contributed by atoms with Crippen molar-refractivity contribution in [2.24, 2.45) is 0 Å². The molecular weight excluding hydrogens is 1050 g/mol. The monoisotopic (exact) mass is 1180 g/mol. The fourth-order valence-corrected chi connectivity index (χ4v) is 9.22. The quantitative estimate of drug-likeness (QED) is 0.0195. The van der Waals surface area contributed by atoms with Gasteiger partial charge in [0, 0.05) is 12.8 Å². The molecule has 0 radical (unpaired) electrons. The number of ether oxygens (including phenoxy) is 4. The van der Waals surface area contributed by atoms with Crippen molar-refractivity contribution < 1.29 is 42.9 Å². The number of allylic oxidation sites excluding steroid dienone is 22.